The highest BCUT2D eigenvalue weighted by Gasteiger charge is 2.34. The van der Waals surface area contributed by atoms with E-state index < -0.39 is 0 Å². The first-order valence-corrected chi connectivity index (χ1v) is 9.49. The molecular formula is C21H20ClN3O4. The predicted molar refractivity (Wildman–Crippen MR) is 109 cm³/mol. The number of imide groups is 1. The van der Waals surface area contributed by atoms with E-state index in [1.165, 1.54) is 11.9 Å². The third kappa shape index (κ3) is 4.81. The Morgan fingerprint density at radius 2 is 1.59 bits per heavy atom. The van der Waals surface area contributed by atoms with E-state index in [-0.39, 0.29) is 43.1 Å². The molecule has 1 heterocycles. The average molecular weight is 414 g/mol. The Bertz CT molecular complexity index is 924. The second-order valence-electron chi connectivity index (χ2n) is 6.72. The van der Waals surface area contributed by atoms with Gasteiger partial charge < -0.3 is 10.2 Å². The van der Waals surface area contributed by atoms with Crippen molar-refractivity contribution in [2.45, 2.75) is 12.8 Å². The Morgan fingerprint density at radius 1 is 1.00 bits per heavy atom. The highest BCUT2D eigenvalue weighted by Crippen LogP contribution is 2.22. The van der Waals surface area contributed by atoms with Crippen molar-refractivity contribution in [2.24, 2.45) is 0 Å². The van der Waals surface area contributed by atoms with Crippen molar-refractivity contribution in [3.8, 4) is 0 Å². The summed E-state index contributed by atoms with van der Waals surface area (Å²) in [6.07, 6.45) is 0.450. The first-order chi connectivity index (χ1) is 13.9. The van der Waals surface area contributed by atoms with Crippen LogP contribution in [0.15, 0.2) is 48.5 Å². The number of benzene rings is 2. The summed E-state index contributed by atoms with van der Waals surface area (Å²) in [6, 6.07) is 13.3. The molecule has 0 aliphatic carbocycles. The van der Waals surface area contributed by atoms with Gasteiger partial charge >= 0.3 is 0 Å². The van der Waals surface area contributed by atoms with Crippen molar-refractivity contribution < 1.29 is 19.2 Å². The zero-order chi connectivity index (χ0) is 21.0. The first kappa shape index (κ1) is 20.5. The minimum atomic E-state index is -0.339. The minimum Gasteiger partial charge on any atom is -0.336 e. The molecule has 8 heteroatoms. The Balaban J connectivity index is 1.44. The fraction of sp³-hybridized carbons (Fsp3) is 0.238. The number of nitrogens with zero attached hydrogens (tertiary/aromatic N) is 2. The molecule has 0 saturated heterocycles. The Kier molecular flexibility index (Phi) is 6.29. The maximum absolute atomic E-state index is 12.3. The Morgan fingerprint density at radius 3 is 2.17 bits per heavy atom. The van der Waals surface area contributed by atoms with Crippen LogP contribution in [0.5, 0.6) is 0 Å². The number of rotatable bonds is 7. The lowest BCUT2D eigenvalue weighted by atomic mass is 10.1. The highest BCUT2D eigenvalue weighted by molar-refractivity contribution is 6.30. The van der Waals surface area contributed by atoms with Crippen LogP contribution in [0.3, 0.4) is 0 Å². The predicted octanol–water partition coefficient (Wildman–Crippen LogP) is 2.81. The van der Waals surface area contributed by atoms with Crippen LogP contribution in [0.1, 0.15) is 33.6 Å². The monoisotopic (exact) mass is 413 g/mol. The third-order valence-corrected chi connectivity index (χ3v) is 4.84. The van der Waals surface area contributed by atoms with E-state index in [4.69, 9.17) is 11.6 Å². The molecule has 2 aromatic rings. The topological polar surface area (TPSA) is 86.8 Å². The summed E-state index contributed by atoms with van der Waals surface area (Å²) >= 11 is 5.80. The van der Waals surface area contributed by atoms with Gasteiger partial charge in [0, 0.05) is 30.7 Å². The quantitative estimate of drug-likeness (QED) is 0.707. The van der Waals surface area contributed by atoms with Gasteiger partial charge in [-0.05, 0) is 42.8 Å². The van der Waals surface area contributed by atoms with Gasteiger partial charge in [-0.25, -0.2) is 0 Å². The molecule has 0 bridgehead atoms. The van der Waals surface area contributed by atoms with Gasteiger partial charge in [-0.15, -0.1) is 0 Å². The maximum Gasteiger partial charge on any atom is 0.261 e. The molecule has 29 heavy (non-hydrogen) atoms. The van der Waals surface area contributed by atoms with Crippen LogP contribution in [-0.2, 0) is 9.59 Å². The van der Waals surface area contributed by atoms with Crippen molar-refractivity contribution in [2.75, 3.05) is 25.5 Å². The van der Waals surface area contributed by atoms with Crippen molar-refractivity contribution in [1.29, 1.82) is 0 Å². The molecule has 1 aliphatic rings. The average Bonchev–Trinajstić information content (AvgIpc) is 2.94. The molecule has 1 N–H and O–H groups in total. The second-order valence-corrected chi connectivity index (χ2v) is 7.15. The molecule has 0 aromatic heterocycles. The van der Waals surface area contributed by atoms with Gasteiger partial charge in [-0.3, -0.25) is 24.1 Å². The molecule has 7 nitrogen and oxygen atoms in total. The zero-order valence-electron chi connectivity index (χ0n) is 15.9. The third-order valence-electron chi connectivity index (χ3n) is 4.59. The summed E-state index contributed by atoms with van der Waals surface area (Å²) in [7, 11) is 1.53. The largest absolute Gasteiger partial charge is 0.336 e. The van der Waals surface area contributed by atoms with E-state index in [1.807, 2.05) is 0 Å². The number of halogens is 1. The van der Waals surface area contributed by atoms with E-state index in [9.17, 15) is 19.2 Å². The van der Waals surface area contributed by atoms with Gasteiger partial charge in [0.15, 0.2) is 0 Å². The normalized spacial score (nSPS) is 12.7. The van der Waals surface area contributed by atoms with Crippen LogP contribution in [-0.4, -0.2) is 53.6 Å². The lowest BCUT2D eigenvalue weighted by molar-refractivity contribution is -0.133. The van der Waals surface area contributed by atoms with E-state index in [1.54, 1.807) is 48.5 Å². The number of carbonyl (C=O) groups is 4. The van der Waals surface area contributed by atoms with Crippen molar-refractivity contribution in [1.82, 2.24) is 9.80 Å². The summed E-state index contributed by atoms with van der Waals surface area (Å²) in [5.41, 5.74) is 1.37. The number of carbonyl (C=O) groups excluding carboxylic acids is 4. The number of fused-ring (bicyclic) bond motifs is 1. The number of likely N-dealkylation sites (N-methyl/N-ethyl adjacent to an activating group) is 1. The van der Waals surface area contributed by atoms with Crippen molar-refractivity contribution in [3.05, 3.63) is 64.7 Å². The number of nitrogens with one attached hydrogen (secondary N) is 1. The summed E-state index contributed by atoms with van der Waals surface area (Å²) in [5.74, 6) is -1.25. The van der Waals surface area contributed by atoms with Gasteiger partial charge in [0.05, 0.1) is 17.7 Å². The van der Waals surface area contributed by atoms with Crippen molar-refractivity contribution >= 4 is 40.9 Å². The van der Waals surface area contributed by atoms with Gasteiger partial charge in [0.25, 0.3) is 11.8 Å². The molecule has 0 atom stereocenters. The van der Waals surface area contributed by atoms with Gasteiger partial charge in [0.1, 0.15) is 0 Å². The fourth-order valence-electron chi connectivity index (χ4n) is 3.06. The Labute approximate surface area is 173 Å². The number of anilines is 1. The van der Waals surface area contributed by atoms with Gasteiger partial charge in [0.2, 0.25) is 11.8 Å². The highest BCUT2D eigenvalue weighted by atomic mass is 35.5. The summed E-state index contributed by atoms with van der Waals surface area (Å²) < 4.78 is 0. The molecule has 0 radical (unpaired) electrons. The minimum absolute atomic E-state index is 0.103. The first-order valence-electron chi connectivity index (χ1n) is 9.11. The molecule has 0 saturated carbocycles. The van der Waals surface area contributed by atoms with Crippen LogP contribution in [0.2, 0.25) is 5.02 Å². The smallest absolute Gasteiger partial charge is 0.261 e. The lowest BCUT2D eigenvalue weighted by Gasteiger charge is -2.18. The van der Waals surface area contributed by atoms with Crippen molar-refractivity contribution in [3.63, 3.8) is 0 Å². The zero-order valence-corrected chi connectivity index (χ0v) is 16.6. The second kappa shape index (κ2) is 8.87. The standard InChI is InChI=1S/C21H20ClN3O4/c1-24(13-18(26)23-15-10-8-14(22)9-11-15)19(27)7-4-12-25-20(28)16-5-2-3-6-17(16)21(25)29/h2-3,5-6,8-11H,4,7,12-13H2,1H3,(H,23,26). The van der Waals surface area contributed by atoms with E-state index >= 15 is 0 Å². The molecule has 0 unspecified atom stereocenters. The number of hydrogen-bond donors (Lipinski definition) is 1. The SMILES string of the molecule is CN(CC(=O)Nc1ccc(Cl)cc1)C(=O)CCCN1C(=O)c2ccccc2C1=O. The van der Waals surface area contributed by atoms with Crippen LogP contribution < -0.4 is 5.32 Å². The number of hydrogen-bond acceptors (Lipinski definition) is 4. The van der Waals surface area contributed by atoms with Gasteiger partial charge in [-0.2, -0.15) is 0 Å². The van der Waals surface area contributed by atoms with E-state index in [0.29, 0.717) is 28.3 Å². The lowest BCUT2D eigenvalue weighted by Crippen LogP contribution is -2.36. The summed E-state index contributed by atoms with van der Waals surface area (Å²) in [6.45, 7) is 0.0530. The Hall–Kier alpha value is -3.19. The fourth-order valence-corrected chi connectivity index (χ4v) is 3.18. The maximum atomic E-state index is 12.3. The molecule has 3 rings (SSSR count). The van der Waals surface area contributed by atoms with Crippen LogP contribution in [0, 0.1) is 0 Å². The van der Waals surface area contributed by atoms with Crippen LogP contribution >= 0.6 is 11.6 Å². The molecule has 2 aromatic carbocycles. The molecule has 4 amide bonds. The van der Waals surface area contributed by atoms with Gasteiger partial charge in [-0.1, -0.05) is 23.7 Å². The van der Waals surface area contributed by atoms with Crippen LogP contribution in [0.25, 0.3) is 0 Å². The molecule has 0 spiro atoms. The summed E-state index contributed by atoms with van der Waals surface area (Å²) in [5, 5.41) is 3.25. The van der Waals surface area contributed by atoms with E-state index in [2.05, 4.69) is 5.32 Å². The molecule has 150 valence electrons. The van der Waals surface area contributed by atoms with Crippen LogP contribution in [0.4, 0.5) is 5.69 Å². The molecule has 1 aliphatic heterocycles. The molecular weight excluding hydrogens is 394 g/mol. The number of amides is 4. The molecule has 0 fully saturated rings. The van der Waals surface area contributed by atoms with E-state index in [0.717, 1.165) is 4.90 Å². The summed E-state index contributed by atoms with van der Waals surface area (Å²) in [4.78, 5) is 51.4.